The normalized spacial score (nSPS) is 26.0. The van der Waals surface area contributed by atoms with Crippen molar-refractivity contribution < 1.29 is 19.1 Å². The highest BCUT2D eigenvalue weighted by atomic mass is 16.5. The van der Waals surface area contributed by atoms with Crippen LogP contribution < -0.4 is 14.8 Å². The van der Waals surface area contributed by atoms with Gasteiger partial charge in [0.1, 0.15) is 23.6 Å². The summed E-state index contributed by atoms with van der Waals surface area (Å²) in [5, 5.41) is 2.95. The van der Waals surface area contributed by atoms with E-state index in [1.807, 2.05) is 31.2 Å². The molecule has 2 fully saturated rings. The number of nitrogens with one attached hydrogen (secondary N) is 1. The first-order valence-electron chi connectivity index (χ1n) is 9.06. The molecule has 3 rings (SSSR count). The quantitative estimate of drug-likeness (QED) is 0.804. The van der Waals surface area contributed by atoms with Gasteiger partial charge in [-0.3, -0.25) is 9.69 Å². The number of imide groups is 1. The molecule has 0 bridgehead atoms. The lowest BCUT2D eigenvalue weighted by Crippen LogP contribution is -2.54. The molecular formula is C19H26N2O4. The third-order valence-corrected chi connectivity index (χ3v) is 5.22. The van der Waals surface area contributed by atoms with Crippen LogP contribution >= 0.6 is 0 Å². The summed E-state index contributed by atoms with van der Waals surface area (Å²) < 4.78 is 11.1. The minimum absolute atomic E-state index is 0.0972. The lowest BCUT2D eigenvalue weighted by molar-refractivity contribution is -0.134. The minimum atomic E-state index is -0.700. The van der Waals surface area contributed by atoms with E-state index < -0.39 is 5.54 Å². The van der Waals surface area contributed by atoms with E-state index in [-0.39, 0.29) is 31.0 Å². The van der Waals surface area contributed by atoms with E-state index in [0.717, 1.165) is 31.4 Å². The van der Waals surface area contributed by atoms with E-state index in [1.54, 1.807) is 0 Å². The zero-order chi connectivity index (χ0) is 17.9. The molecule has 6 heteroatoms. The second kappa shape index (κ2) is 7.33. The Hall–Kier alpha value is -2.24. The average molecular weight is 346 g/mol. The van der Waals surface area contributed by atoms with E-state index in [1.165, 1.54) is 4.90 Å². The first-order chi connectivity index (χ1) is 12.1. The van der Waals surface area contributed by atoms with E-state index in [9.17, 15) is 9.59 Å². The average Bonchev–Trinajstić information content (AvgIpc) is 2.84. The van der Waals surface area contributed by atoms with Gasteiger partial charge in [-0.1, -0.05) is 19.8 Å². The smallest absolute Gasteiger partial charge is 0.325 e. The van der Waals surface area contributed by atoms with Gasteiger partial charge in [-0.15, -0.1) is 0 Å². The molecule has 1 aromatic rings. The first-order valence-corrected chi connectivity index (χ1v) is 9.06. The number of benzene rings is 1. The number of hydrogen-bond donors (Lipinski definition) is 1. The van der Waals surface area contributed by atoms with Crippen LogP contribution in [-0.4, -0.2) is 42.1 Å². The van der Waals surface area contributed by atoms with Gasteiger partial charge in [0.15, 0.2) is 0 Å². The van der Waals surface area contributed by atoms with Crippen molar-refractivity contribution in [2.75, 3.05) is 19.8 Å². The van der Waals surface area contributed by atoms with Gasteiger partial charge in [-0.05, 0) is 49.9 Å². The summed E-state index contributed by atoms with van der Waals surface area (Å²) in [6.07, 6.45) is 3.80. The second-order valence-corrected chi connectivity index (χ2v) is 6.76. The molecular weight excluding hydrogens is 320 g/mol. The van der Waals surface area contributed by atoms with Crippen molar-refractivity contribution in [3.63, 3.8) is 0 Å². The zero-order valence-corrected chi connectivity index (χ0v) is 14.9. The van der Waals surface area contributed by atoms with Gasteiger partial charge < -0.3 is 14.8 Å². The predicted molar refractivity (Wildman–Crippen MR) is 93.7 cm³/mol. The SMILES string of the molecule is CCOc1ccc(OCCN2C(=O)N[C@]3(CCCC[C@H]3C)C2=O)cc1. The Bertz CT molecular complexity index is 631. The molecule has 1 saturated carbocycles. The number of ether oxygens (including phenoxy) is 2. The molecule has 2 atom stereocenters. The van der Waals surface area contributed by atoms with Crippen LogP contribution in [0.5, 0.6) is 11.5 Å². The van der Waals surface area contributed by atoms with Gasteiger partial charge >= 0.3 is 6.03 Å². The maximum absolute atomic E-state index is 12.8. The number of amides is 3. The maximum atomic E-state index is 12.8. The van der Waals surface area contributed by atoms with Crippen LogP contribution in [0.3, 0.4) is 0 Å². The molecule has 3 amide bonds. The lowest BCUT2D eigenvalue weighted by atomic mass is 9.73. The van der Waals surface area contributed by atoms with E-state index >= 15 is 0 Å². The van der Waals surface area contributed by atoms with Gasteiger partial charge in [0.25, 0.3) is 5.91 Å². The van der Waals surface area contributed by atoms with Crippen molar-refractivity contribution in [2.24, 2.45) is 5.92 Å². The molecule has 0 radical (unpaired) electrons. The number of carbonyl (C=O) groups excluding carboxylic acids is 2. The van der Waals surface area contributed by atoms with Gasteiger partial charge in [-0.2, -0.15) is 0 Å². The Labute approximate surface area is 148 Å². The molecule has 136 valence electrons. The van der Waals surface area contributed by atoms with Gasteiger partial charge in [0.2, 0.25) is 0 Å². The largest absolute Gasteiger partial charge is 0.494 e. The van der Waals surface area contributed by atoms with Gasteiger partial charge in [-0.25, -0.2) is 4.79 Å². The van der Waals surface area contributed by atoms with E-state index in [4.69, 9.17) is 9.47 Å². The molecule has 1 aliphatic carbocycles. The van der Waals surface area contributed by atoms with Crippen LogP contribution in [0.2, 0.25) is 0 Å². The fourth-order valence-corrected chi connectivity index (χ4v) is 3.75. The van der Waals surface area contributed by atoms with Crippen LogP contribution in [0.25, 0.3) is 0 Å². The van der Waals surface area contributed by atoms with Crippen LogP contribution in [-0.2, 0) is 4.79 Å². The predicted octanol–water partition coefficient (Wildman–Crippen LogP) is 2.96. The molecule has 1 N–H and O–H groups in total. The van der Waals surface area contributed by atoms with Crippen LogP contribution in [0.1, 0.15) is 39.5 Å². The Morgan fingerprint density at radius 1 is 1.16 bits per heavy atom. The van der Waals surface area contributed by atoms with Crippen LogP contribution in [0.15, 0.2) is 24.3 Å². The highest BCUT2D eigenvalue weighted by molar-refractivity contribution is 6.07. The second-order valence-electron chi connectivity index (χ2n) is 6.76. The third kappa shape index (κ3) is 3.43. The lowest BCUT2D eigenvalue weighted by Gasteiger charge is -2.36. The van der Waals surface area contributed by atoms with Gasteiger partial charge in [0.05, 0.1) is 13.2 Å². The number of urea groups is 1. The monoisotopic (exact) mass is 346 g/mol. The molecule has 1 heterocycles. The first kappa shape index (κ1) is 17.6. The number of carbonyl (C=O) groups is 2. The molecule has 1 aliphatic heterocycles. The standard InChI is InChI=1S/C19H26N2O4/c1-3-24-15-7-9-16(10-8-15)25-13-12-21-17(22)19(20-18(21)23)11-5-4-6-14(19)2/h7-10,14H,3-6,11-13H2,1-2H3,(H,20,23)/t14-,19+/m1/s1. The molecule has 6 nitrogen and oxygen atoms in total. The third-order valence-electron chi connectivity index (χ3n) is 5.22. The molecule has 0 aromatic heterocycles. The summed E-state index contributed by atoms with van der Waals surface area (Å²) in [4.78, 5) is 26.4. The number of hydrogen-bond acceptors (Lipinski definition) is 4. The van der Waals surface area contributed by atoms with Crippen molar-refractivity contribution in [3.05, 3.63) is 24.3 Å². The molecule has 1 spiro atoms. The fraction of sp³-hybridized carbons (Fsp3) is 0.579. The summed E-state index contributed by atoms with van der Waals surface area (Å²) in [6, 6.07) is 7.02. The summed E-state index contributed by atoms with van der Waals surface area (Å²) >= 11 is 0. The van der Waals surface area contributed by atoms with Crippen molar-refractivity contribution in [2.45, 2.75) is 45.1 Å². The molecule has 1 saturated heterocycles. The Kier molecular flexibility index (Phi) is 5.16. The summed E-state index contributed by atoms with van der Waals surface area (Å²) in [6.45, 7) is 5.14. The number of nitrogens with zero attached hydrogens (tertiary/aromatic N) is 1. The van der Waals surface area contributed by atoms with Crippen molar-refractivity contribution in [1.29, 1.82) is 0 Å². The van der Waals surface area contributed by atoms with Gasteiger partial charge in [0, 0.05) is 0 Å². The van der Waals surface area contributed by atoms with Crippen LogP contribution in [0.4, 0.5) is 4.79 Å². The molecule has 2 aliphatic rings. The topological polar surface area (TPSA) is 67.9 Å². The van der Waals surface area contributed by atoms with E-state index in [2.05, 4.69) is 12.2 Å². The highest BCUT2D eigenvalue weighted by Gasteiger charge is 2.54. The molecule has 25 heavy (non-hydrogen) atoms. The Morgan fingerprint density at radius 3 is 2.48 bits per heavy atom. The van der Waals surface area contributed by atoms with E-state index in [0.29, 0.717) is 12.4 Å². The minimum Gasteiger partial charge on any atom is -0.494 e. The van der Waals surface area contributed by atoms with Crippen molar-refractivity contribution in [3.8, 4) is 11.5 Å². The summed E-state index contributed by atoms with van der Waals surface area (Å²) in [5.41, 5.74) is -0.700. The summed E-state index contributed by atoms with van der Waals surface area (Å²) in [7, 11) is 0. The zero-order valence-electron chi connectivity index (χ0n) is 14.9. The van der Waals surface area contributed by atoms with Crippen LogP contribution in [0, 0.1) is 5.92 Å². The molecule has 0 unspecified atom stereocenters. The Morgan fingerprint density at radius 2 is 1.84 bits per heavy atom. The molecule has 1 aromatic carbocycles. The highest BCUT2D eigenvalue weighted by Crippen LogP contribution is 2.38. The fourth-order valence-electron chi connectivity index (χ4n) is 3.75. The Balaban J connectivity index is 1.56. The summed E-state index contributed by atoms with van der Waals surface area (Å²) in [5.74, 6) is 1.56. The number of rotatable bonds is 6. The maximum Gasteiger partial charge on any atom is 0.325 e. The van der Waals surface area contributed by atoms with Crippen molar-refractivity contribution >= 4 is 11.9 Å². The van der Waals surface area contributed by atoms with Crippen molar-refractivity contribution in [1.82, 2.24) is 10.2 Å².